The Balaban J connectivity index is 1.82. The van der Waals surface area contributed by atoms with Gasteiger partial charge in [-0.05, 0) is 30.3 Å². The van der Waals surface area contributed by atoms with Gasteiger partial charge in [0.15, 0.2) is 0 Å². The van der Waals surface area contributed by atoms with Crippen molar-refractivity contribution in [3.05, 3.63) is 71.6 Å². The molecule has 3 heterocycles. The number of carbonyl (C=O) groups is 1. The molecule has 4 aromatic rings. The molecule has 0 aliphatic rings. The van der Waals surface area contributed by atoms with E-state index in [4.69, 9.17) is 10.7 Å². The first-order chi connectivity index (χ1) is 17.0. The molecule has 0 radical (unpaired) electrons. The number of carbonyl (C=O) groups excluding carboxylic acids is 1. The SMILES string of the molecule is N#Cc1c(N)ncnc1NCCc1nc2ccc(F)cc2c(C(=O)NCCO)c1-c1ccccn1. The summed E-state index contributed by atoms with van der Waals surface area (Å²) in [6.45, 7) is 0.0764. The molecule has 0 spiro atoms. The van der Waals surface area contributed by atoms with E-state index in [9.17, 15) is 19.6 Å². The summed E-state index contributed by atoms with van der Waals surface area (Å²) in [4.78, 5) is 30.2. The molecular formula is C24H21FN8O2. The van der Waals surface area contributed by atoms with Crippen molar-refractivity contribution in [1.82, 2.24) is 25.3 Å². The van der Waals surface area contributed by atoms with E-state index in [0.717, 1.165) is 0 Å². The molecule has 3 aromatic heterocycles. The maximum absolute atomic E-state index is 14.2. The van der Waals surface area contributed by atoms with Gasteiger partial charge < -0.3 is 21.5 Å². The molecule has 176 valence electrons. The molecule has 10 nitrogen and oxygen atoms in total. The maximum Gasteiger partial charge on any atom is 0.252 e. The lowest BCUT2D eigenvalue weighted by Crippen LogP contribution is -2.28. The van der Waals surface area contributed by atoms with Gasteiger partial charge >= 0.3 is 0 Å². The van der Waals surface area contributed by atoms with Crippen LogP contribution in [0.5, 0.6) is 0 Å². The summed E-state index contributed by atoms with van der Waals surface area (Å²) >= 11 is 0. The number of nitrogens with one attached hydrogen (secondary N) is 2. The number of fused-ring (bicyclic) bond motifs is 1. The number of anilines is 2. The Bertz CT molecular complexity index is 1420. The summed E-state index contributed by atoms with van der Waals surface area (Å²) in [5.74, 6) is -0.652. The Labute approximate surface area is 199 Å². The van der Waals surface area contributed by atoms with Gasteiger partial charge in [0.25, 0.3) is 5.91 Å². The van der Waals surface area contributed by atoms with Crippen LogP contribution < -0.4 is 16.4 Å². The van der Waals surface area contributed by atoms with Crippen LogP contribution in [-0.2, 0) is 6.42 Å². The molecule has 0 saturated heterocycles. The predicted octanol–water partition coefficient (Wildman–Crippen LogP) is 2.06. The van der Waals surface area contributed by atoms with Gasteiger partial charge in [-0.1, -0.05) is 6.07 Å². The Morgan fingerprint density at radius 3 is 2.77 bits per heavy atom. The van der Waals surface area contributed by atoms with Crippen molar-refractivity contribution in [3.8, 4) is 17.3 Å². The lowest BCUT2D eigenvalue weighted by Gasteiger charge is -2.17. The number of nitrogens with zero attached hydrogens (tertiary/aromatic N) is 5. The van der Waals surface area contributed by atoms with Gasteiger partial charge in [0.05, 0.1) is 29.1 Å². The second-order valence-corrected chi connectivity index (χ2v) is 7.44. The molecule has 1 aromatic carbocycles. The number of hydrogen-bond donors (Lipinski definition) is 4. The van der Waals surface area contributed by atoms with E-state index in [1.807, 2.05) is 6.07 Å². The van der Waals surface area contributed by atoms with Crippen LogP contribution in [0.1, 0.15) is 21.6 Å². The zero-order valence-corrected chi connectivity index (χ0v) is 18.5. The summed E-state index contributed by atoms with van der Waals surface area (Å²) < 4.78 is 14.2. The molecule has 0 saturated carbocycles. The summed E-state index contributed by atoms with van der Waals surface area (Å²) in [6, 6.07) is 11.3. The van der Waals surface area contributed by atoms with E-state index >= 15 is 0 Å². The van der Waals surface area contributed by atoms with Crippen molar-refractivity contribution in [3.63, 3.8) is 0 Å². The molecule has 4 rings (SSSR count). The highest BCUT2D eigenvalue weighted by molar-refractivity contribution is 6.11. The monoisotopic (exact) mass is 472 g/mol. The van der Waals surface area contributed by atoms with Gasteiger partial charge in [0.2, 0.25) is 0 Å². The summed E-state index contributed by atoms with van der Waals surface area (Å²) in [5, 5.41) is 24.6. The van der Waals surface area contributed by atoms with Gasteiger partial charge in [0.1, 0.15) is 35.4 Å². The number of aromatic nitrogens is 4. The van der Waals surface area contributed by atoms with Crippen molar-refractivity contribution in [2.75, 3.05) is 30.7 Å². The van der Waals surface area contributed by atoms with Gasteiger partial charge in [-0.15, -0.1) is 0 Å². The van der Waals surface area contributed by atoms with Crippen LogP contribution in [0.3, 0.4) is 0 Å². The Morgan fingerprint density at radius 1 is 1.17 bits per heavy atom. The normalized spacial score (nSPS) is 10.7. The van der Waals surface area contributed by atoms with Crippen molar-refractivity contribution in [2.24, 2.45) is 0 Å². The molecule has 0 atom stereocenters. The average molecular weight is 472 g/mol. The molecule has 5 N–H and O–H groups in total. The first-order valence-corrected chi connectivity index (χ1v) is 10.7. The van der Waals surface area contributed by atoms with E-state index < -0.39 is 11.7 Å². The van der Waals surface area contributed by atoms with Gasteiger partial charge in [-0.25, -0.2) is 14.4 Å². The zero-order valence-electron chi connectivity index (χ0n) is 18.5. The molecular weight excluding hydrogens is 451 g/mol. The topological polar surface area (TPSA) is 163 Å². The second kappa shape index (κ2) is 10.5. The summed E-state index contributed by atoms with van der Waals surface area (Å²) in [7, 11) is 0. The van der Waals surface area contributed by atoms with Crippen molar-refractivity contribution >= 4 is 28.4 Å². The van der Waals surface area contributed by atoms with Crippen LogP contribution >= 0.6 is 0 Å². The minimum absolute atomic E-state index is 0.0303. The summed E-state index contributed by atoms with van der Waals surface area (Å²) in [6.07, 6.45) is 3.16. The molecule has 35 heavy (non-hydrogen) atoms. The third-order valence-electron chi connectivity index (χ3n) is 5.21. The standard InChI is InChI=1S/C24H21FN8O2/c25-14-4-5-17-15(11-14)20(24(35)30-9-10-34)21(18-3-1-2-7-28-18)19(33-17)6-8-29-23-16(12-26)22(27)31-13-32-23/h1-5,7,11,13,34H,6,8-10H2,(H,30,35)(H3,27,29,31,32). The van der Waals surface area contributed by atoms with Gasteiger partial charge in [-0.2, -0.15) is 5.26 Å². The number of nitrogen functional groups attached to an aromatic ring is 1. The van der Waals surface area contributed by atoms with Crippen LogP contribution in [-0.4, -0.2) is 50.6 Å². The fourth-order valence-electron chi connectivity index (χ4n) is 3.69. The number of nitrogens with two attached hydrogens (primary N) is 1. The van der Waals surface area contributed by atoms with Crippen LogP contribution in [0.25, 0.3) is 22.2 Å². The van der Waals surface area contributed by atoms with E-state index in [-0.39, 0.29) is 35.9 Å². The Hall–Kier alpha value is -4.69. The zero-order chi connectivity index (χ0) is 24.8. The highest BCUT2D eigenvalue weighted by atomic mass is 19.1. The number of hydrogen-bond acceptors (Lipinski definition) is 9. The second-order valence-electron chi connectivity index (χ2n) is 7.44. The Morgan fingerprint density at radius 2 is 2.03 bits per heavy atom. The molecule has 0 aliphatic heterocycles. The van der Waals surface area contributed by atoms with Crippen molar-refractivity contribution in [1.29, 1.82) is 5.26 Å². The average Bonchev–Trinajstić information content (AvgIpc) is 2.87. The van der Waals surface area contributed by atoms with E-state index in [2.05, 4.69) is 25.6 Å². The van der Waals surface area contributed by atoms with E-state index in [0.29, 0.717) is 40.8 Å². The van der Waals surface area contributed by atoms with Crippen LogP contribution in [0.4, 0.5) is 16.0 Å². The van der Waals surface area contributed by atoms with Crippen LogP contribution in [0.15, 0.2) is 48.9 Å². The quantitative estimate of drug-likeness (QED) is 0.300. The number of nitriles is 1. The molecule has 0 aliphatic carbocycles. The number of aliphatic hydroxyl groups excluding tert-OH is 1. The number of aliphatic hydroxyl groups is 1. The lowest BCUT2D eigenvalue weighted by molar-refractivity contribution is 0.0947. The predicted molar refractivity (Wildman–Crippen MR) is 128 cm³/mol. The summed E-state index contributed by atoms with van der Waals surface area (Å²) in [5.41, 5.74) is 7.99. The molecule has 0 fully saturated rings. The lowest BCUT2D eigenvalue weighted by atomic mass is 9.95. The minimum Gasteiger partial charge on any atom is -0.395 e. The van der Waals surface area contributed by atoms with E-state index in [1.165, 1.54) is 24.5 Å². The number of amides is 1. The number of halogens is 1. The smallest absolute Gasteiger partial charge is 0.252 e. The Kier molecular flexibility index (Phi) is 7.04. The van der Waals surface area contributed by atoms with Crippen LogP contribution in [0.2, 0.25) is 0 Å². The fourth-order valence-corrected chi connectivity index (χ4v) is 3.69. The molecule has 1 amide bonds. The molecule has 0 bridgehead atoms. The molecule has 11 heteroatoms. The largest absolute Gasteiger partial charge is 0.395 e. The van der Waals surface area contributed by atoms with Crippen molar-refractivity contribution < 1.29 is 14.3 Å². The van der Waals surface area contributed by atoms with E-state index in [1.54, 1.807) is 24.4 Å². The van der Waals surface area contributed by atoms with Crippen LogP contribution in [0, 0.1) is 17.1 Å². The third-order valence-corrected chi connectivity index (χ3v) is 5.21. The number of benzene rings is 1. The number of pyridine rings is 2. The first-order valence-electron chi connectivity index (χ1n) is 10.7. The highest BCUT2D eigenvalue weighted by Crippen LogP contribution is 2.32. The highest BCUT2D eigenvalue weighted by Gasteiger charge is 2.23. The fraction of sp³-hybridized carbons (Fsp3) is 0.167. The van der Waals surface area contributed by atoms with Crippen molar-refractivity contribution in [2.45, 2.75) is 6.42 Å². The maximum atomic E-state index is 14.2. The third kappa shape index (κ3) is 4.97. The first kappa shape index (κ1) is 23.5. The van der Waals surface area contributed by atoms with Gasteiger partial charge in [0, 0.05) is 36.7 Å². The minimum atomic E-state index is -0.512. The molecule has 0 unspecified atom stereocenters. The van der Waals surface area contributed by atoms with Gasteiger partial charge in [-0.3, -0.25) is 14.8 Å². The number of rotatable bonds is 8.